The van der Waals surface area contributed by atoms with Gasteiger partial charge in [-0.2, -0.15) is 0 Å². The molecule has 3 aromatic carbocycles. The van der Waals surface area contributed by atoms with Gasteiger partial charge in [-0.3, -0.25) is 4.79 Å². The zero-order valence-corrected chi connectivity index (χ0v) is 16.5. The third kappa shape index (κ3) is 3.21. The standard InChI is InChI=1S/C25H23N3O/c1-18-7-6-12-23(26-18)27-13-15-28(16-14-27)25(29)24-21-10-4-2-8-19(21)17-20-9-3-5-11-22(20)24/h2-12,17H,13-16H2,1H3. The molecular formula is C25H23N3O. The van der Waals surface area contributed by atoms with Crippen LogP contribution >= 0.6 is 0 Å². The fraction of sp³-hybridized carbons (Fsp3) is 0.200. The van der Waals surface area contributed by atoms with E-state index in [0.717, 1.165) is 51.7 Å². The third-order valence-electron chi connectivity index (χ3n) is 5.75. The number of anilines is 1. The molecule has 4 aromatic rings. The molecular weight excluding hydrogens is 358 g/mol. The lowest BCUT2D eigenvalue weighted by Crippen LogP contribution is -2.49. The molecule has 4 heteroatoms. The first-order valence-electron chi connectivity index (χ1n) is 10.1. The van der Waals surface area contributed by atoms with Gasteiger partial charge in [-0.05, 0) is 46.7 Å². The second-order valence-corrected chi connectivity index (χ2v) is 7.61. The van der Waals surface area contributed by atoms with Gasteiger partial charge in [-0.25, -0.2) is 4.98 Å². The van der Waals surface area contributed by atoms with Crippen molar-refractivity contribution in [2.75, 3.05) is 31.1 Å². The Bertz CT molecular complexity index is 1160. The number of rotatable bonds is 2. The first-order valence-corrected chi connectivity index (χ1v) is 10.1. The monoisotopic (exact) mass is 381 g/mol. The lowest BCUT2D eigenvalue weighted by atomic mass is 9.95. The van der Waals surface area contributed by atoms with Gasteiger partial charge in [0, 0.05) is 31.9 Å². The summed E-state index contributed by atoms with van der Waals surface area (Å²) in [6, 6.07) is 24.6. The van der Waals surface area contributed by atoms with Gasteiger partial charge >= 0.3 is 0 Å². The predicted octanol–water partition coefficient (Wildman–Crippen LogP) is 4.66. The van der Waals surface area contributed by atoms with E-state index in [-0.39, 0.29) is 5.91 Å². The Hall–Kier alpha value is -3.40. The van der Waals surface area contributed by atoms with Gasteiger partial charge in [0.25, 0.3) is 5.91 Å². The third-order valence-corrected chi connectivity index (χ3v) is 5.75. The molecule has 29 heavy (non-hydrogen) atoms. The predicted molar refractivity (Wildman–Crippen MR) is 119 cm³/mol. The molecule has 0 N–H and O–H groups in total. The molecule has 1 amide bonds. The van der Waals surface area contributed by atoms with Crippen LogP contribution in [0.4, 0.5) is 5.82 Å². The number of pyridine rings is 1. The zero-order valence-electron chi connectivity index (χ0n) is 16.5. The highest BCUT2D eigenvalue weighted by molar-refractivity contribution is 6.18. The molecule has 144 valence electrons. The second-order valence-electron chi connectivity index (χ2n) is 7.61. The number of amides is 1. The lowest BCUT2D eigenvalue weighted by molar-refractivity contribution is 0.0750. The first kappa shape index (κ1) is 17.7. The van der Waals surface area contributed by atoms with Crippen molar-refractivity contribution in [2.45, 2.75) is 6.92 Å². The SMILES string of the molecule is Cc1cccc(N2CCN(C(=O)c3c4ccccc4cc4ccccc34)CC2)n1. The topological polar surface area (TPSA) is 36.4 Å². The van der Waals surface area contributed by atoms with Crippen molar-refractivity contribution in [3.05, 3.63) is 84.1 Å². The molecule has 1 aliphatic rings. The molecule has 0 spiro atoms. The molecule has 2 heterocycles. The van der Waals surface area contributed by atoms with Crippen LogP contribution in [0.2, 0.25) is 0 Å². The van der Waals surface area contributed by atoms with E-state index in [1.807, 2.05) is 54.3 Å². The van der Waals surface area contributed by atoms with Crippen molar-refractivity contribution in [3.63, 3.8) is 0 Å². The lowest BCUT2D eigenvalue weighted by Gasteiger charge is -2.36. The van der Waals surface area contributed by atoms with Gasteiger partial charge in [0.1, 0.15) is 5.82 Å². The van der Waals surface area contributed by atoms with Gasteiger partial charge in [-0.15, -0.1) is 0 Å². The summed E-state index contributed by atoms with van der Waals surface area (Å²) in [5.74, 6) is 1.11. The maximum Gasteiger partial charge on any atom is 0.255 e. The van der Waals surface area contributed by atoms with Crippen LogP contribution in [0.5, 0.6) is 0 Å². The Balaban J connectivity index is 1.47. The molecule has 0 radical (unpaired) electrons. The number of carbonyl (C=O) groups is 1. The fourth-order valence-corrected chi connectivity index (χ4v) is 4.25. The van der Waals surface area contributed by atoms with E-state index in [4.69, 9.17) is 0 Å². The fourth-order valence-electron chi connectivity index (χ4n) is 4.25. The van der Waals surface area contributed by atoms with Crippen LogP contribution < -0.4 is 4.90 Å². The molecule has 1 saturated heterocycles. The maximum atomic E-state index is 13.6. The molecule has 5 rings (SSSR count). The minimum atomic E-state index is 0.120. The number of carbonyl (C=O) groups excluding carboxylic acids is 1. The van der Waals surface area contributed by atoms with E-state index in [9.17, 15) is 4.79 Å². The summed E-state index contributed by atoms with van der Waals surface area (Å²) >= 11 is 0. The van der Waals surface area contributed by atoms with Crippen LogP contribution in [0.15, 0.2) is 72.8 Å². The van der Waals surface area contributed by atoms with Gasteiger partial charge in [0.2, 0.25) is 0 Å². The maximum absolute atomic E-state index is 13.6. The summed E-state index contributed by atoms with van der Waals surface area (Å²) in [5.41, 5.74) is 1.84. The number of hydrogen-bond acceptors (Lipinski definition) is 3. The van der Waals surface area contributed by atoms with E-state index in [0.29, 0.717) is 13.1 Å². The number of aryl methyl sites for hydroxylation is 1. The van der Waals surface area contributed by atoms with Crippen LogP contribution in [-0.2, 0) is 0 Å². The van der Waals surface area contributed by atoms with E-state index >= 15 is 0 Å². The number of nitrogens with zero attached hydrogens (tertiary/aromatic N) is 3. The molecule has 1 aromatic heterocycles. The molecule has 0 unspecified atom stereocenters. The van der Waals surface area contributed by atoms with Gasteiger partial charge < -0.3 is 9.80 Å². The van der Waals surface area contributed by atoms with Gasteiger partial charge in [0.05, 0.1) is 5.56 Å². The average molecular weight is 381 g/mol. The minimum absolute atomic E-state index is 0.120. The molecule has 0 atom stereocenters. The van der Waals surface area contributed by atoms with Crippen LogP contribution in [0.3, 0.4) is 0 Å². The molecule has 0 bridgehead atoms. The molecule has 0 aliphatic carbocycles. The molecule has 4 nitrogen and oxygen atoms in total. The second kappa shape index (κ2) is 7.21. The highest BCUT2D eigenvalue weighted by atomic mass is 16.2. The van der Waals surface area contributed by atoms with E-state index < -0.39 is 0 Å². The van der Waals surface area contributed by atoms with E-state index in [2.05, 4.69) is 40.2 Å². The van der Waals surface area contributed by atoms with Crippen LogP contribution in [-0.4, -0.2) is 42.0 Å². The zero-order chi connectivity index (χ0) is 19.8. The van der Waals surface area contributed by atoms with Crippen molar-refractivity contribution in [3.8, 4) is 0 Å². The smallest absolute Gasteiger partial charge is 0.255 e. The summed E-state index contributed by atoms with van der Waals surface area (Å²) in [7, 11) is 0. The number of benzene rings is 3. The summed E-state index contributed by atoms with van der Waals surface area (Å²) < 4.78 is 0. The Morgan fingerprint density at radius 3 is 2.03 bits per heavy atom. The van der Waals surface area contributed by atoms with Crippen molar-refractivity contribution >= 4 is 33.3 Å². The molecule has 0 saturated carbocycles. The Morgan fingerprint density at radius 2 is 1.41 bits per heavy atom. The Labute approximate surface area is 170 Å². The Morgan fingerprint density at radius 1 is 0.793 bits per heavy atom. The number of piperazine rings is 1. The Kier molecular flexibility index (Phi) is 4.39. The highest BCUT2D eigenvalue weighted by Gasteiger charge is 2.25. The number of aromatic nitrogens is 1. The van der Waals surface area contributed by atoms with Crippen LogP contribution in [0, 0.1) is 6.92 Å². The first-order chi connectivity index (χ1) is 14.2. The van der Waals surface area contributed by atoms with E-state index in [1.165, 1.54) is 0 Å². The summed E-state index contributed by atoms with van der Waals surface area (Å²) in [6.07, 6.45) is 0. The molecule has 1 aliphatic heterocycles. The van der Waals surface area contributed by atoms with E-state index in [1.54, 1.807) is 0 Å². The highest BCUT2D eigenvalue weighted by Crippen LogP contribution is 2.30. The van der Waals surface area contributed by atoms with Crippen molar-refractivity contribution in [2.24, 2.45) is 0 Å². The molecule has 1 fully saturated rings. The normalized spacial score (nSPS) is 14.5. The van der Waals surface area contributed by atoms with Crippen LogP contribution in [0.1, 0.15) is 16.1 Å². The summed E-state index contributed by atoms with van der Waals surface area (Å²) in [6.45, 7) is 5.00. The van der Waals surface area contributed by atoms with Crippen molar-refractivity contribution in [1.29, 1.82) is 0 Å². The number of hydrogen-bond donors (Lipinski definition) is 0. The average Bonchev–Trinajstić information content (AvgIpc) is 2.77. The minimum Gasteiger partial charge on any atom is -0.353 e. The summed E-state index contributed by atoms with van der Waals surface area (Å²) in [4.78, 5) is 22.5. The van der Waals surface area contributed by atoms with Gasteiger partial charge in [0.15, 0.2) is 0 Å². The largest absolute Gasteiger partial charge is 0.353 e. The van der Waals surface area contributed by atoms with Gasteiger partial charge in [-0.1, -0.05) is 54.6 Å². The van der Waals surface area contributed by atoms with Crippen LogP contribution in [0.25, 0.3) is 21.5 Å². The number of fused-ring (bicyclic) bond motifs is 2. The quantitative estimate of drug-likeness (QED) is 0.474. The van der Waals surface area contributed by atoms with Crippen molar-refractivity contribution < 1.29 is 4.79 Å². The van der Waals surface area contributed by atoms with Crippen molar-refractivity contribution in [1.82, 2.24) is 9.88 Å². The summed E-state index contributed by atoms with van der Waals surface area (Å²) in [5, 5.41) is 4.27.